The van der Waals surface area contributed by atoms with Gasteiger partial charge >= 0.3 is 0 Å². The second kappa shape index (κ2) is 5.34. The molecule has 1 aromatic rings. The predicted molar refractivity (Wildman–Crippen MR) is 64.0 cm³/mol. The number of hydrogen-bond acceptors (Lipinski definition) is 3. The molecule has 0 radical (unpaired) electrons. The third kappa shape index (κ3) is 2.62. The minimum Gasteiger partial charge on any atom is -0.396 e. The van der Waals surface area contributed by atoms with E-state index in [1.54, 1.807) is 28.9 Å². The molecule has 1 rings (SSSR count). The lowest BCUT2D eigenvalue weighted by Crippen LogP contribution is -2.32. The van der Waals surface area contributed by atoms with Gasteiger partial charge in [-0.05, 0) is 6.42 Å². The van der Waals surface area contributed by atoms with E-state index >= 15 is 0 Å². The molecule has 2 N–H and O–H groups in total. The molecule has 0 fully saturated rings. The Bertz CT molecular complexity index is 383. The highest BCUT2D eigenvalue weighted by Crippen LogP contribution is 2.11. The van der Waals surface area contributed by atoms with E-state index in [-0.39, 0.29) is 5.91 Å². The largest absolute Gasteiger partial charge is 0.396 e. The quantitative estimate of drug-likeness (QED) is 0.757. The fraction of sp³-hybridized carbons (Fsp3) is 0.455. The Morgan fingerprint density at radius 2 is 2.44 bits per heavy atom. The Kier molecular flexibility index (Phi) is 4.10. The molecule has 0 unspecified atom stereocenters. The van der Waals surface area contributed by atoms with Crippen molar-refractivity contribution in [2.75, 3.05) is 18.8 Å². The van der Waals surface area contributed by atoms with E-state index in [1.165, 1.54) is 0 Å². The summed E-state index contributed by atoms with van der Waals surface area (Å²) in [5, 5.41) is 4.06. The second-order valence-corrected chi connectivity index (χ2v) is 3.65. The topological polar surface area (TPSA) is 64.2 Å². The van der Waals surface area contributed by atoms with Crippen molar-refractivity contribution in [2.24, 2.45) is 7.05 Å². The van der Waals surface area contributed by atoms with E-state index in [9.17, 15) is 4.79 Å². The molecule has 0 aliphatic heterocycles. The molecule has 0 aliphatic carbocycles. The number of nitrogens with zero attached hydrogens (tertiary/aromatic N) is 3. The van der Waals surface area contributed by atoms with Crippen LogP contribution in [0, 0.1) is 0 Å². The van der Waals surface area contributed by atoms with Crippen LogP contribution in [0.1, 0.15) is 23.8 Å². The molecule has 0 saturated carbocycles. The standard InChI is InChI=1S/C11H18N4O/c1-4-6-15(7-5-2)11(16)10-9(12)8-14(3)13-10/h4,8H,1,5-7,12H2,2-3H3. The van der Waals surface area contributed by atoms with Crippen LogP contribution in [0.25, 0.3) is 0 Å². The van der Waals surface area contributed by atoms with Crippen LogP contribution >= 0.6 is 0 Å². The lowest BCUT2D eigenvalue weighted by molar-refractivity contribution is 0.0768. The SMILES string of the molecule is C=CCN(CCC)C(=O)c1nn(C)cc1N. The second-order valence-electron chi connectivity index (χ2n) is 3.65. The number of carbonyl (C=O) groups is 1. The van der Waals surface area contributed by atoms with E-state index in [0.717, 1.165) is 6.42 Å². The Balaban J connectivity index is 2.89. The Labute approximate surface area is 95.5 Å². The van der Waals surface area contributed by atoms with Crippen molar-refractivity contribution in [1.82, 2.24) is 14.7 Å². The van der Waals surface area contributed by atoms with Crippen LogP contribution in [0.15, 0.2) is 18.9 Å². The van der Waals surface area contributed by atoms with Gasteiger partial charge in [-0.2, -0.15) is 5.10 Å². The van der Waals surface area contributed by atoms with Crippen molar-refractivity contribution in [1.29, 1.82) is 0 Å². The normalized spacial score (nSPS) is 10.1. The predicted octanol–water partition coefficient (Wildman–Crippen LogP) is 1.04. The van der Waals surface area contributed by atoms with Gasteiger partial charge in [-0.3, -0.25) is 9.48 Å². The molecule has 0 saturated heterocycles. The molecule has 88 valence electrons. The van der Waals surface area contributed by atoms with Crippen molar-refractivity contribution in [2.45, 2.75) is 13.3 Å². The number of nitrogen functional groups attached to an aromatic ring is 1. The van der Waals surface area contributed by atoms with E-state index in [4.69, 9.17) is 5.73 Å². The fourth-order valence-electron chi connectivity index (χ4n) is 1.52. The lowest BCUT2D eigenvalue weighted by atomic mass is 10.3. The van der Waals surface area contributed by atoms with Crippen LogP contribution in [0.3, 0.4) is 0 Å². The van der Waals surface area contributed by atoms with Crippen LogP contribution in [-0.2, 0) is 7.05 Å². The van der Waals surface area contributed by atoms with Crippen LogP contribution in [0.5, 0.6) is 0 Å². The van der Waals surface area contributed by atoms with Crippen LogP contribution in [-0.4, -0.2) is 33.7 Å². The number of anilines is 1. The van der Waals surface area contributed by atoms with E-state index in [1.807, 2.05) is 6.92 Å². The third-order valence-electron chi connectivity index (χ3n) is 2.19. The fourth-order valence-corrected chi connectivity index (χ4v) is 1.52. The molecule has 0 bridgehead atoms. The van der Waals surface area contributed by atoms with Gasteiger partial charge in [0.05, 0.1) is 5.69 Å². The van der Waals surface area contributed by atoms with Gasteiger partial charge in [0.15, 0.2) is 5.69 Å². The van der Waals surface area contributed by atoms with Gasteiger partial charge in [0, 0.05) is 26.3 Å². The number of hydrogen-bond donors (Lipinski definition) is 1. The Morgan fingerprint density at radius 1 is 1.75 bits per heavy atom. The van der Waals surface area contributed by atoms with Gasteiger partial charge in [0.25, 0.3) is 5.91 Å². The van der Waals surface area contributed by atoms with Gasteiger partial charge in [0.2, 0.25) is 0 Å². The first-order valence-electron chi connectivity index (χ1n) is 5.29. The molecule has 1 heterocycles. The van der Waals surface area contributed by atoms with E-state index in [2.05, 4.69) is 11.7 Å². The number of nitrogens with two attached hydrogens (primary N) is 1. The van der Waals surface area contributed by atoms with Crippen molar-refractivity contribution in [3.05, 3.63) is 24.5 Å². The van der Waals surface area contributed by atoms with Crippen LogP contribution in [0.4, 0.5) is 5.69 Å². The highest BCUT2D eigenvalue weighted by molar-refractivity contribution is 5.97. The molecule has 0 spiro atoms. The lowest BCUT2D eigenvalue weighted by Gasteiger charge is -2.19. The summed E-state index contributed by atoms with van der Waals surface area (Å²) in [5.74, 6) is -0.139. The van der Waals surface area contributed by atoms with Gasteiger partial charge in [-0.25, -0.2) is 0 Å². The molecule has 1 aromatic heterocycles. The molecule has 16 heavy (non-hydrogen) atoms. The van der Waals surface area contributed by atoms with Gasteiger partial charge in [-0.1, -0.05) is 13.0 Å². The maximum atomic E-state index is 12.1. The monoisotopic (exact) mass is 222 g/mol. The summed E-state index contributed by atoms with van der Waals surface area (Å²) in [6.45, 7) is 6.85. The highest BCUT2D eigenvalue weighted by Gasteiger charge is 2.19. The zero-order valence-electron chi connectivity index (χ0n) is 9.81. The molecular formula is C11H18N4O. The van der Waals surface area contributed by atoms with Gasteiger partial charge in [-0.15, -0.1) is 6.58 Å². The smallest absolute Gasteiger partial charge is 0.276 e. The zero-order chi connectivity index (χ0) is 12.1. The first-order valence-corrected chi connectivity index (χ1v) is 5.29. The Morgan fingerprint density at radius 3 is 2.88 bits per heavy atom. The molecule has 5 nitrogen and oxygen atoms in total. The number of aromatic nitrogens is 2. The first-order chi connectivity index (χ1) is 7.60. The number of aryl methyl sites for hydroxylation is 1. The molecular weight excluding hydrogens is 204 g/mol. The van der Waals surface area contributed by atoms with Gasteiger partial charge in [0.1, 0.15) is 0 Å². The average molecular weight is 222 g/mol. The van der Waals surface area contributed by atoms with Crippen molar-refractivity contribution in [3.8, 4) is 0 Å². The summed E-state index contributed by atoms with van der Waals surface area (Å²) >= 11 is 0. The Hall–Kier alpha value is -1.78. The van der Waals surface area contributed by atoms with Crippen molar-refractivity contribution in [3.63, 3.8) is 0 Å². The molecule has 0 aliphatic rings. The summed E-state index contributed by atoms with van der Waals surface area (Å²) in [5.41, 5.74) is 6.45. The molecule has 5 heteroatoms. The minimum absolute atomic E-state index is 0.139. The molecule has 1 amide bonds. The maximum absolute atomic E-state index is 12.1. The number of amides is 1. The van der Waals surface area contributed by atoms with Crippen molar-refractivity contribution < 1.29 is 4.79 Å². The first kappa shape index (κ1) is 12.3. The van der Waals surface area contributed by atoms with E-state index < -0.39 is 0 Å². The summed E-state index contributed by atoms with van der Waals surface area (Å²) < 4.78 is 1.54. The summed E-state index contributed by atoms with van der Waals surface area (Å²) in [6, 6.07) is 0. The minimum atomic E-state index is -0.139. The summed E-state index contributed by atoms with van der Waals surface area (Å²) in [6.07, 6.45) is 4.23. The maximum Gasteiger partial charge on any atom is 0.276 e. The summed E-state index contributed by atoms with van der Waals surface area (Å²) in [7, 11) is 1.74. The third-order valence-corrected chi connectivity index (χ3v) is 2.19. The number of rotatable bonds is 5. The van der Waals surface area contributed by atoms with Crippen LogP contribution in [0.2, 0.25) is 0 Å². The highest BCUT2D eigenvalue weighted by atomic mass is 16.2. The van der Waals surface area contributed by atoms with Gasteiger partial charge < -0.3 is 10.6 Å². The average Bonchev–Trinajstić information content (AvgIpc) is 2.56. The van der Waals surface area contributed by atoms with Crippen molar-refractivity contribution >= 4 is 11.6 Å². The molecule has 0 aromatic carbocycles. The van der Waals surface area contributed by atoms with Crippen LogP contribution < -0.4 is 5.73 Å². The zero-order valence-corrected chi connectivity index (χ0v) is 9.81. The number of carbonyl (C=O) groups excluding carboxylic acids is 1. The van der Waals surface area contributed by atoms with E-state index in [0.29, 0.717) is 24.5 Å². The molecule has 0 atom stereocenters. The summed E-state index contributed by atoms with van der Waals surface area (Å²) in [4.78, 5) is 13.8.